The van der Waals surface area contributed by atoms with Gasteiger partial charge in [-0.3, -0.25) is 0 Å². The molecule has 0 aliphatic rings. The van der Waals surface area contributed by atoms with Crippen LogP contribution in [0.3, 0.4) is 0 Å². The highest BCUT2D eigenvalue weighted by atomic mass is 32.2. The number of hydrogen-bond acceptors (Lipinski definition) is 4. The zero-order valence-electron chi connectivity index (χ0n) is 10.9. The molecular formula is C15H19NO2S. The molecule has 19 heavy (non-hydrogen) atoms. The van der Waals surface area contributed by atoms with Crippen LogP contribution in [-0.2, 0) is 12.3 Å². The average Bonchev–Trinajstić information content (AvgIpc) is 2.96. The molecule has 0 fully saturated rings. The molecule has 2 N–H and O–H groups in total. The summed E-state index contributed by atoms with van der Waals surface area (Å²) in [6, 6.07) is 11.9. The van der Waals surface area contributed by atoms with E-state index in [-0.39, 0.29) is 0 Å². The smallest absolute Gasteiger partial charge is 0.119 e. The summed E-state index contributed by atoms with van der Waals surface area (Å²) in [6.07, 6.45) is 2.74. The maximum absolute atomic E-state index is 5.67. The lowest BCUT2D eigenvalue weighted by Gasteiger charge is -2.06. The molecule has 0 radical (unpaired) electrons. The first-order valence-corrected chi connectivity index (χ1v) is 7.56. The third-order valence-electron chi connectivity index (χ3n) is 2.69. The zero-order chi connectivity index (χ0) is 13.3. The minimum absolute atomic E-state index is 0.573. The average molecular weight is 277 g/mol. The van der Waals surface area contributed by atoms with Crippen LogP contribution >= 0.6 is 11.8 Å². The monoisotopic (exact) mass is 277 g/mol. The number of benzene rings is 1. The molecule has 0 spiro atoms. The summed E-state index contributed by atoms with van der Waals surface area (Å²) in [5, 5.41) is 0. The summed E-state index contributed by atoms with van der Waals surface area (Å²) in [5.74, 6) is 3.94. The Bertz CT molecular complexity index is 454. The van der Waals surface area contributed by atoms with Gasteiger partial charge >= 0.3 is 0 Å². The Morgan fingerprint density at radius 3 is 2.68 bits per heavy atom. The predicted molar refractivity (Wildman–Crippen MR) is 79.3 cm³/mol. The quantitative estimate of drug-likeness (QED) is 0.751. The lowest BCUT2D eigenvalue weighted by Crippen LogP contribution is -2.00. The van der Waals surface area contributed by atoms with Gasteiger partial charge in [-0.05, 0) is 42.0 Å². The van der Waals surface area contributed by atoms with Crippen molar-refractivity contribution in [3.8, 4) is 5.75 Å². The Balaban J connectivity index is 1.56. The van der Waals surface area contributed by atoms with E-state index in [4.69, 9.17) is 14.9 Å². The van der Waals surface area contributed by atoms with E-state index in [1.165, 1.54) is 0 Å². The molecule has 4 heteroatoms. The third-order valence-corrected chi connectivity index (χ3v) is 3.75. The number of nitrogens with two attached hydrogens (primary N) is 1. The zero-order valence-corrected chi connectivity index (χ0v) is 11.7. The van der Waals surface area contributed by atoms with Crippen LogP contribution in [0.5, 0.6) is 5.75 Å². The van der Waals surface area contributed by atoms with Crippen molar-refractivity contribution in [3.05, 3.63) is 54.0 Å². The van der Waals surface area contributed by atoms with Crippen LogP contribution in [0.2, 0.25) is 0 Å². The first kappa shape index (κ1) is 14.0. The van der Waals surface area contributed by atoms with Crippen molar-refractivity contribution in [2.24, 2.45) is 5.73 Å². The van der Waals surface area contributed by atoms with Gasteiger partial charge in [-0.25, -0.2) is 0 Å². The second kappa shape index (κ2) is 7.92. The van der Waals surface area contributed by atoms with Crippen LogP contribution in [0.4, 0.5) is 0 Å². The number of hydrogen-bond donors (Lipinski definition) is 1. The first-order valence-electron chi connectivity index (χ1n) is 6.40. The standard InChI is InChI=1S/C15H19NO2S/c16-11-13-4-6-14(7-5-13)17-9-2-10-19-12-15-3-1-8-18-15/h1,3-8H,2,9-12,16H2. The predicted octanol–water partition coefficient (Wildman–Crippen LogP) is 3.44. The molecule has 1 heterocycles. The van der Waals surface area contributed by atoms with Crippen molar-refractivity contribution < 1.29 is 9.15 Å². The molecule has 2 aromatic rings. The molecule has 2 rings (SSSR count). The molecule has 0 aliphatic carbocycles. The maximum Gasteiger partial charge on any atom is 0.119 e. The lowest BCUT2D eigenvalue weighted by atomic mass is 10.2. The molecule has 1 aromatic heterocycles. The topological polar surface area (TPSA) is 48.4 Å². The highest BCUT2D eigenvalue weighted by molar-refractivity contribution is 7.98. The summed E-state index contributed by atoms with van der Waals surface area (Å²) in [6.45, 7) is 1.32. The van der Waals surface area contributed by atoms with E-state index in [2.05, 4.69) is 0 Å². The van der Waals surface area contributed by atoms with Gasteiger partial charge in [0.2, 0.25) is 0 Å². The van der Waals surface area contributed by atoms with Crippen molar-refractivity contribution in [1.29, 1.82) is 0 Å². The second-order valence-corrected chi connectivity index (χ2v) is 5.29. The van der Waals surface area contributed by atoms with Crippen LogP contribution in [0.15, 0.2) is 47.1 Å². The fraction of sp³-hybridized carbons (Fsp3) is 0.333. The minimum Gasteiger partial charge on any atom is -0.494 e. The van der Waals surface area contributed by atoms with Crippen LogP contribution in [0, 0.1) is 0 Å². The SMILES string of the molecule is NCc1ccc(OCCCSCc2ccco2)cc1. The highest BCUT2D eigenvalue weighted by Crippen LogP contribution is 2.15. The van der Waals surface area contributed by atoms with Gasteiger partial charge in [0.05, 0.1) is 18.6 Å². The van der Waals surface area contributed by atoms with Crippen LogP contribution < -0.4 is 10.5 Å². The fourth-order valence-corrected chi connectivity index (χ4v) is 2.47. The van der Waals surface area contributed by atoms with Gasteiger partial charge in [0.25, 0.3) is 0 Å². The Hall–Kier alpha value is -1.39. The van der Waals surface area contributed by atoms with Crippen LogP contribution in [0.1, 0.15) is 17.7 Å². The van der Waals surface area contributed by atoms with Crippen LogP contribution in [0.25, 0.3) is 0 Å². The summed E-state index contributed by atoms with van der Waals surface area (Å²) in [4.78, 5) is 0. The van der Waals surface area contributed by atoms with Crippen molar-refractivity contribution in [2.45, 2.75) is 18.7 Å². The van der Waals surface area contributed by atoms with E-state index in [0.717, 1.165) is 41.6 Å². The van der Waals surface area contributed by atoms with E-state index in [1.54, 1.807) is 6.26 Å². The van der Waals surface area contributed by atoms with E-state index in [0.29, 0.717) is 6.54 Å². The molecule has 102 valence electrons. The Kier molecular flexibility index (Phi) is 5.85. The molecule has 0 saturated carbocycles. The molecule has 0 saturated heterocycles. The van der Waals surface area contributed by atoms with Gasteiger partial charge in [0.1, 0.15) is 11.5 Å². The molecule has 1 aromatic carbocycles. The van der Waals surface area contributed by atoms with E-state index < -0.39 is 0 Å². The summed E-state index contributed by atoms with van der Waals surface area (Å²) in [7, 11) is 0. The number of thioether (sulfide) groups is 1. The van der Waals surface area contributed by atoms with Gasteiger partial charge in [0.15, 0.2) is 0 Å². The van der Waals surface area contributed by atoms with Crippen molar-refractivity contribution in [2.75, 3.05) is 12.4 Å². The number of furan rings is 1. The first-order chi connectivity index (χ1) is 9.38. The summed E-state index contributed by atoms with van der Waals surface area (Å²) in [5.41, 5.74) is 6.67. The molecule has 0 atom stereocenters. The summed E-state index contributed by atoms with van der Waals surface area (Å²) >= 11 is 1.86. The second-order valence-electron chi connectivity index (χ2n) is 4.18. The van der Waals surface area contributed by atoms with Gasteiger partial charge in [-0.1, -0.05) is 12.1 Å². The summed E-state index contributed by atoms with van der Waals surface area (Å²) < 4.78 is 10.9. The van der Waals surface area contributed by atoms with Crippen molar-refractivity contribution >= 4 is 11.8 Å². The molecule has 3 nitrogen and oxygen atoms in total. The number of rotatable bonds is 8. The lowest BCUT2D eigenvalue weighted by molar-refractivity contribution is 0.318. The molecule has 0 bridgehead atoms. The molecular weight excluding hydrogens is 258 g/mol. The Labute approximate surface area is 118 Å². The van der Waals surface area contributed by atoms with E-state index >= 15 is 0 Å². The largest absolute Gasteiger partial charge is 0.494 e. The van der Waals surface area contributed by atoms with Gasteiger partial charge in [0, 0.05) is 6.54 Å². The van der Waals surface area contributed by atoms with Gasteiger partial charge in [-0.2, -0.15) is 11.8 Å². The normalized spacial score (nSPS) is 10.6. The van der Waals surface area contributed by atoms with Gasteiger partial charge < -0.3 is 14.9 Å². The Morgan fingerprint density at radius 1 is 1.16 bits per heavy atom. The molecule has 0 unspecified atom stereocenters. The molecule has 0 aliphatic heterocycles. The fourth-order valence-electron chi connectivity index (χ4n) is 1.64. The van der Waals surface area contributed by atoms with E-state index in [1.807, 2.05) is 48.2 Å². The van der Waals surface area contributed by atoms with E-state index in [9.17, 15) is 0 Å². The third kappa shape index (κ3) is 5.01. The van der Waals surface area contributed by atoms with Crippen molar-refractivity contribution in [3.63, 3.8) is 0 Å². The van der Waals surface area contributed by atoms with Crippen molar-refractivity contribution in [1.82, 2.24) is 0 Å². The maximum atomic E-state index is 5.67. The Morgan fingerprint density at radius 2 is 2.00 bits per heavy atom. The molecule has 0 amide bonds. The van der Waals surface area contributed by atoms with Gasteiger partial charge in [-0.15, -0.1) is 0 Å². The highest BCUT2D eigenvalue weighted by Gasteiger charge is 1.97. The number of ether oxygens (including phenoxy) is 1. The minimum atomic E-state index is 0.573. The van der Waals surface area contributed by atoms with Crippen LogP contribution in [-0.4, -0.2) is 12.4 Å².